The maximum Gasteiger partial charge on any atom is 0.416 e. The number of pyridine rings is 1. The normalized spacial score (nSPS) is 12.8. The van der Waals surface area contributed by atoms with Crippen molar-refractivity contribution in [2.75, 3.05) is 0 Å². The average molecular weight is 373 g/mol. The molecule has 0 aliphatic carbocycles. The molecule has 0 saturated carbocycles. The fraction of sp³-hybridized carbons (Fsp3) is 0.200. The lowest BCUT2D eigenvalue weighted by Crippen LogP contribution is -2.26. The highest BCUT2D eigenvalue weighted by atomic mass is 79.9. The molecule has 1 heterocycles. The Balaban J connectivity index is 2.09. The maximum absolute atomic E-state index is 12.5. The van der Waals surface area contributed by atoms with Gasteiger partial charge in [-0.25, -0.2) is 0 Å². The molecule has 1 aromatic carbocycles. The van der Waals surface area contributed by atoms with Gasteiger partial charge in [-0.3, -0.25) is 9.78 Å². The fourth-order valence-electron chi connectivity index (χ4n) is 1.86. The summed E-state index contributed by atoms with van der Waals surface area (Å²) >= 11 is 3.22. The molecule has 2 rings (SSSR count). The lowest BCUT2D eigenvalue weighted by molar-refractivity contribution is -0.137. The van der Waals surface area contributed by atoms with Crippen LogP contribution in [-0.4, -0.2) is 10.9 Å². The Bertz CT molecular complexity index is 671. The summed E-state index contributed by atoms with van der Waals surface area (Å²) in [7, 11) is 0. The SMILES string of the molecule is C[C@@H](NC(=O)c1cncc(Br)c1)c1ccc(C(F)(F)F)cc1. The van der Waals surface area contributed by atoms with Crippen LogP contribution in [0.25, 0.3) is 0 Å². The second-order valence-electron chi connectivity index (χ2n) is 4.71. The van der Waals surface area contributed by atoms with Crippen molar-refractivity contribution in [2.45, 2.75) is 19.1 Å². The van der Waals surface area contributed by atoms with Crippen LogP contribution < -0.4 is 5.32 Å². The zero-order valence-electron chi connectivity index (χ0n) is 11.5. The van der Waals surface area contributed by atoms with Crippen molar-refractivity contribution < 1.29 is 18.0 Å². The number of carbonyl (C=O) groups is 1. The Kier molecular flexibility index (Phi) is 4.85. The van der Waals surface area contributed by atoms with Crippen molar-refractivity contribution in [1.29, 1.82) is 0 Å². The third-order valence-electron chi connectivity index (χ3n) is 3.05. The molecule has 1 N–H and O–H groups in total. The standard InChI is InChI=1S/C15H12BrF3N2O/c1-9(10-2-4-12(5-3-10)15(17,18)19)21-14(22)11-6-13(16)8-20-7-11/h2-9H,1H3,(H,21,22)/t9-/m1/s1. The van der Waals surface area contributed by atoms with E-state index in [0.717, 1.165) is 12.1 Å². The van der Waals surface area contributed by atoms with E-state index in [1.165, 1.54) is 18.3 Å². The van der Waals surface area contributed by atoms with Crippen LogP contribution in [0.2, 0.25) is 0 Å². The summed E-state index contributed by atoms with van der Waals surface area (Å²) in [4.78, 5) is 15.9. The summed E-state index contributed by atoms with van der Waals surface area (Å²) in [6.07, 6.45) is -1.40. The summed E-state index contributed by atoms with van der Waals surface area (Å²) in [5.41, 5.74) is 0.239. The molecule has 116 valence electrons. The average Bonchev–Trinajstić information content (AvgIpc) is 2.46. The van der Waals surface area contributed by atoms with Crippen LogP contribution in [0.3, 0.4) is 0 Å². The van der Waals surface area contributed by atoms with Crippen LogP contribution in [0.5, 0.6) is 0 Å². The highest BCUT2D eigenvalue weighted by Gasteiger charge is 2.30. The second-order valence-corrected chi connectivity index (χ2v) is 5.62. The summed E-state index contributed by atoms with van der Waals surface area (Å²) in [6.45, 7) is 1.70. The molecule has 1 amide bonds. The van der Waals surface area contributed by atoms with Gasteiger partial charge in [0.1, 0.15) is 0 Å². The molecular formula is C15H12BrF3N2O. The quantitative estimate of drug-likeness (QED) is 0.869. The van der Waals surface area contributed by atoms with E-state index in [4.69, 9.17) is 0 Å². The molecule has 2 aromatic rings. The van der Waals surface area contributed by atoms with Crippen molar-refractivity contribution in [3.05, 3.63) is 63.9 Å². The van der Waals surface area contributed by atoms with Gasteiger partial charge in [-0.05, 0) is 46.6 Å². The first-order valence-electron chi connectivity index (χ1n) is 6.36. The second kappa shape index (κ2) is 6.48. The van der Waals surface area contributed by atoms with Crippen LogP contribution in [0, 0.1) is 0 Å². The highest BCUT2D eigenvalue weighted by molar-refractivity contribution is 9.10. The zero-order chi connectivity index (χ0) is 16.3. The summed E-state index contributed by atoms with van der Waals surface area (Å²) < 4.78 is 38.2. The van der Waals surface area contributed by atoms with E-state index in [2.05, 4.69) is 26.2 Å². The number of benzene rings is 1. The van der Waals surface area contributed by atoms with E-state index in [9.17, 15) is 18.0 Å². The minimum atomic E-state index is -4.37. The molecule has 0 spiro atoms. The van der Waals surface area contributed by atoms with Gasteiger partial charge in [-0.2, -0.15) is 13.2 Å². The van der Waals surface area contributed by atoms with Crippen molar-refractivity contribution in [3.63, 3.8) is 0 Å². The van der Waals surface area contributed by atoms with Crippen molar-refractivity contribution in [2.24, 2.45) is 0 Å². The molecule has 0 unspecified atom stereocenters. The molecule has 0 saturated heterocycles. The number of halogens is 4. The molecule has 7 heteroatoms. The number of rotatable bonds is 3. The molecule has 22 heavy (non-hydrogen) atoms. The van der Waals surface area contributed by atoms with Gasteiger partial charge < -0.3 is 5.32 Å². The molecule has 1 aromatic heterocycles. The predicted octanol–water partition coefficient (Wildman–Crippen LogP) is 4.35. The third-order valence-corrected chi connectivity index (χ3v) is 3.49. The third kappa shape index (κ3) is 4.07. The lowest BCUT2D eigenvalue weighted by atomic mass is 10.1. The molecular weight excluding hydrogens is 361 g/mol. The Hall–Kier alpha value is -1.89. The number of nitrogens with zero attached hydrogens (tertiary/aromatic N) is 1. The Morgan fingerprint density at radius 3 is 2.41 bits per heavy atom. The van der Waals surface area contributed by atoms with Crippen LogP contribution in [0.15, 0.2) is 47.2 Å². The van der Waals surface area contributed by atoms with E-state index in [0.29, 0.717) is 15.6 Å². The number of hydrogen-bond acceptors (Lipinski definition) is 2. The predicted molar refractivity (Wildman–Crippen MR) is 79.3 cm³/mol. The largest absolute Gasteiger partial charge is 0.416 e. The zero-order valence-corrected chi connectivity index (χ0v) is 13.1. The van der Waals surface area contributed by atoms with Crippen LogP contribution in [-0.2, 0) is 6.18 Å². The van der Waals surface area contributed by atoms with Crippen molar-refractivity contribution in [1.82, 2.24) is 10.3 Å². The highest BCUT2D eigenvalue weighted by Crippen LogP contribution is 2.29. The molecule has 3 nitrogen and oxygen atoms in total. The monoisotopic (exact) mass is 372 g/mol. The molecule has 0 radical (unpaired) electrons. The fourth-order valence-corrected chi connectivity index (χ4v) is 2.22. The van der Waals surface area contributed by atoms with Crippen LogP contribution in [0.1, 0.15) is 34.5 Å². The van der Waals surface area contributed by atoms with Gasteiger partial charge in [-0.15, -0.1) is 0 Å². The minimum absolute atomic E-state index is 0.346. The van der Waals surface area contributed by atoms with Gasteiger partial charge in [0.25, 0.3) is 5.91 Å². The first kappa shape index (κ1) is 16.5. The first-order valence-corrected chi connectivity index (χ1v) is 7.15. The molecule has 0 aliphatic rings. The number of alkyl halides is 3. The van der Waals surface area contributed by atoms with Gasteiger partial charge in [0, 0.05) is 16.9 Å². The minimum Gasteiger partial charge on any atom is -0.345 e. The van der Waals surface area contributed by atoms with Crippen LogP contribution in [0.4, 0.5) is 13.2 Å². The van der Waals surface area contributed by atoms with Gasteiger partial charge >= 0.3 is 6.18 Å². The van der Waals surface area contributed by atoms with E-state index in [1.54, 1.807) is 19.2 Å². The van der Waals surface area contributed by atoms with E-state index in [1.807, 2.05) is 0 Å². The number of carbonyl (C=O) groups excluding carboxylic acids is 1. The lowest BCUT2D eigenvalue weighted by Gasteiger charge is -2.15. The number of amides is 1. The smallest absolute Gasteiger partial charge is 0.345 e. The van der Waals surface area contributed by atoms with Gasteiger partial charge in [0.05, 0.1) is 17.2 Å². The molecule has 1 atom stereocenters. The Morgan fingerprint density at radius 1 is 1.23 bits per heavy atom. The summed E-state index contributed by atoms with van der Waals surface area (Å²) in [6, 6.07) is 5.90. The van der Waals surface area contributed by atoms with Gasteiger partial charge in [0.2, 0.25) is 0 Å². The number of nitrogens with one attached hydrogen (secondary N) is 1. The Labute approximate surface area is 133 Å². The Morgan fingerprint density at radius 2 is 1.86 bits per heavy atom. The van der Waals surface area contributed by atoms with Crippen molar-refractivity contribution >= 4 is 21.8 Å². The summed E-state index contributed by atoms with van der Waals surface area (Å²) in [5, 5.41) is 2.72. The maximum atomic E-state index is 12.5. The molecule has 0 fully saturated rings. The van der Waals surface area contributed by atoms with Gasteiger partial charge in [0.15, 0.2) is 0 Å². The van der Waals surface area contributed by atoms with E-state index in [-0.39, 0.29) is 5.91 Å². The van der Waals surface area contributed by atoms with Gasteiger partial charge in [-0.1, -0.05) is 12.1 Å². The topological polar surface area (TPSA) is 42.0 Å². The molecule has 0 bridgehead atoms. The van der Waals surface area contributed by atoms with E-state index >= 15 is 0 Å². The van der Waals surface area contributed by atoms with Crippen molar-refractivity contribution in [3.8, 4) is 0 Å². The number of aromatic nitrogens is 1. The first-order chi connectivity index (χ1) is 10.3. The summed E-state index contributed by atoms with van der Waals surface area (Å²) in [5.74, 6) is -0.346. The number of hydrogen-bond donors (Lipinski definition) is 1. The van der Waals surface area contributed by atoms with E-state index < -0.39 is 17.8 Å². The van der Waals surface area contributed by atoms with Crippen LogP contribution >= 0.6 is 15.9 Å². The molecule has 0 aliphatic heterocycles.